The number of halogens is 2. The summed E-state index contributed by atoms with van der Waals surface area (Å²) in [6, 6.07) is 3.49. The van der Waals surface area contributed by atoms with E-state index in [-0.39, 0.29) is 0 Å². The van der Waals surface area contributed by atoms with Crippen LogP contribution in [0.15, 0.2) is 12.1 Å². The molecule has 1 aromatic carbocycles. The summed E-state index contributed by atoms with van der Waals surface area (Å²) in [6.45, 7) is 1.98. The zero-order chi connectivity index (χ0) is 13.1. The lowest BCUT2D eigenvalue weighted by molar-refractivity contribution is 0.346. The van der Waals surface area contributed by atoms with E-state index in [0.717, 1.165) is 23.6 Å². The SMILES string of the molecule is COc1c(Cl)cc(Cl)cc1C(=S)N1CCCCC1. The molecule has 18 heavy (non-hydrogen) atoms. The second-order valence-corrected chi connectivity index (χ2v) is 5.55. The van der Waals surface area contributed by atoms with Gasteiger partial charge in [0.1, 0.15) is 10.7 Å². The van der Waals surface area contributed by atoms with Gasteiger partial charge in [-0.1, -0.05) is 35.4 Å². The number of ether oxygens (including phenoxy) is 1. The molecular weight excluding hydrogens is 289 g/mol. The summed E-state index contributed by atoms with van der Waals surface area (Å²) in [5.74, 6) is 0.608. The average molecular weight is 304 g/mol. The maximum atomic E-state index is 6.13. The highest BCUT2D eigenvalue weighted by atomic mass is 35.5. The molecular formula is C13H15Cl2NOS. The fourth-order valence-electron chi connectivity index (χ4n) is 2.19. The van der Waals surface area contributed by atoms with Crippen LogP contribution >= 0.6 is 35.4 Å². The van der Waals surface area contributed by atoms with E-state index in [4.69, 9.17) is 40.2 Å². The van der Waals surface area contributed by atoms with Crippen molar-refractivity contribution in [2.24, 2.45) is 0 Å². The standard InChI is InChI=1S/C13H15Cl2NOS/c1-17-12-10(7-9(14)8-11(12)15)13(18)16-5-3-2-4-6-16/h7-8H,2-6H2,1H3. The first kappa shape index (κ1) is 13.9. The Labute approximate surface area is 123 Å². The number of nitrogens with zero attached hydrogens (tertiary/aromatic N) is 1. The van der Waals surface area contributed by atoms with Gasteiger partial charge in [-0.25, -0.2) is 0 Å². The predicted octanol–water partition coefficient (Wildman–Crippen LogP) is 4.16. The minimum absolute atomic E-state index is 0.499. The molecule has 0 saturated carbocycles. The maximum absolute atomic E-state index is 6.13. The van der Waals surface area contributed by atoms with Crippen LogP contribution in [0, 0.1) is 0 Å². The predicted molar refractivity (Wildman–Crippen MR) is 80.1 cm³/mol. The molecule has 0 N–H and O–H groups in total. The van der Waals surface area contributed by atoms with Gasteiger partial charge in [-0.15, -0.1) is 0 Å². The normalized spacial score (nSPS) is 15.6. The highest BCUT2D eigenvalue weighted by Gasteiger charge is 2.20. The lowest BCUT2D eigenvalue weighted by Gasteiger charge is -2.30. The second-order valence-electron chi connectivity index (χ2n) is 4.32. The average Bonchev–Trinajstić information content (AvgIpc) is 2.38. The number of benzene rings is 1. The topological polar surface area (TPSA) is 12.5 Å². The monoisotopic (exact) mass is 303 g/mol. The van der Waals surface area contributed by atoms with Gasteiger partial charge in [0.2, 0.25) is 0 Å². The summed E-state index contributed by atoms with van der Waals surface area (Å²) in [5.41, 5.74) is 0.812. The van der Waals surface area contributed by atoms with Gasteiger partial charge in [0.25, 0.3) is 0 Å². The van der Waals surface area contributed by atoms with Crippen molar-refractivity contribution in [2.75, 3.05) is 20.2 Å². The molecule has 0 aromatic heterocycles. The van der Waals surface area contributed by atoms with Gasteiger partial charge >= 0.3 is 0 Å². The summed E-state index contributed by atoms with van der Waals surface area (Å²) in [6.07, 6.45) is 3.63. The molecule has 1 saturated heterocycles. The molecule has 0 spiro atoms. The molecule has 0 amide bonds. The first-order valence-electron chi connectivity index (χ1n) is 5.96. The molecule has 98 valence electrons. The van der Waals surface area contributed by atoms with Crippen LogP contribution in [-0.2, 0) is 0 Å². The van der Waals surface area contributed by atoms with Crippen LogP contribution in [0.3, 0.4) is 0 Å². The Balaban J connectivity index is 2.33. The molecule has 0 radical (unpaired) electrons. The van der Waals surface area contributed by atoms with Crippen LogP contribution < -0.4 is 4.74 Å². The largest absolute Gasteiger partial charge is 0.494 e. The molecule has 2 rings (SSSR count). The molecule has 1 fully saturated rings. The lowest BCUT2D eigenvalue weighted by atomic mass is 10.1. The fraction of sp³-hybridized carbons (Fsp3) is 0.462. The van der Waals surface area contributed by atoms with E-state index in [0.29, 0.717) is 15.8 Å². The first-order valence-corrected chi connectivity index (χ1v) is 7.12. The Morgan fingerprint density at radius 2 is 1.89 bits per heavy atom. The highest BCUT2D eigenvalue weighted by Crippen LogP contribution is 2.33. The molecule has 5 heteroatoms. The van der Waals surface area contributed by atoms with Crippen LogP contribution in [0.1, 0.15) is 24.8 Å². The molecule has 0 atom stereocenters. The molecule has 1 aromatic rings. The van der Waals surface area contributed by atoms with Crippen molar-refractivity contribution in [3.05, 3.63) is 27.7 Å². The maximum Gasteiger partial charge on any atom is 0.147 e. The van der Waals surface area contributed by atoms with E-state index < -0.39 is 0 Å². The van der Waals surface area contributed by atoms with E-state index in [1.807, 2.05) is 6.07 Å². The Hall–Kier alpha value is -0.510. The number of likely N-dealkylation sites (tertiary alicyclic amines) is 1. The molecule has 1 heterocycles. The summed E-state index contributed by atoms with van der Waals surface area (Å²) in [5, 5.41) is 1.08. The van der Waals surface area contributed by atoms with Gasteiger partial charge in [0.05, 0.1) is 17.7 Å². The van der Waals surface area contributed by atoms with Crippen LogP contribution in [-0.4, -0.2) is 30.1 Å². The molecule has 0 unspecified atom stereocenters. The lowest BCUT2D eigenvalue weighted by Crippen LogP contribution is -2.35. The molecule has 1 aliphatic heterocycles. The van der Waals surface area contributed by atoms with E-state index in [2.05, 4.69) is 4.90 Å². The number of hydrogen-bond acceptors (Lipinski definition) is 2. The smallest absolute Gasteiger partial charge is 0.147 e. The van der Waals surface area contributed by atoms with E-state index in [9.17, 15) is 0 Å². The van der Waals surface area contributed by atoms with Gasteiger partial charge in [-0.3, -0.25) is 0 Å². The number of hydrogen-bond donors (Lipinski definition) is 0. The quantitative estimate of drug-likeness (QED) is 0.761. The summed E-state index contributed by atoms with van der Waals surface area (Å²) in [7, 11) is 1.59. The third kappa shape index (κ3) is 2.90. The van der Waals surface area contributed by atoms with Gasteiger partial charge in [-0.2, -0.15) is 0 Å². The minimum atomic E-state index is 0.499. The molecule has 0 aliphatic carbocycles. The van der Waals surface area contributed by atoms with Crippen LogP contribution in [0.5, 0.6) is 5.75 Å². The summed E-state index contributed by atoms with van der Waals surface area (Å²) >= 11 is 17.7. The number of piperidine rings is 1. The third-order valence-corrected chi connectivity index (χ3v) is 4.06. The van der Waals surface area contributed by atoms with Crippen molar-refractivity contribution < 1.29 is 4.74 Å². The van der Waals surface area contributed by atoms with E-state index in [1.165, 1.54) is 19.3 Å². The Kier molecular flexibility index (Phi) is 4.71. The van der Waals surface area contributed by atoms with Crippen molar-refractivity contribution in [3.8, 4) is 5.75 Å². The van der Waals surface area contributed by atoms with Crippen molar-refractivity contribution in [1.82, 2.24) is 4.90 Å². The van der Waals surface area contributed by atoms with Gasteiger partial charge in [-0.05, 0) is 31.4 Å². The first-order chi connectivity index (χ1) is 8.63. The van der Waals surface area contributed by atoms with Gasteiger partial charge < -0.3 is 9.64 Å². The number of rotatable bonds is 2. The zero-order valence-electron chi connectivity index (χ0n) is 10.2. The van der Waals surface area contributed by atoms with Crippen molar-refractivity contribution >= 4 is 40.4 Å². The van der Waals surface area contributed by atoms with Gasteiger partial charge in [0.15, 0.2) is 0 Å². The highest BCUT2D eigenvalue weighted by molar-refractivity contribution is 7.80. The fourth-order valence-corrected chi connectivity index (χ4v) is 3.10. The zero-order valence-corrected chi connectivity index (χ0v) is 12.5. The van der Waals surface area contributed by atoms with Crippen molar-refractivity contribution in [3.63, 3.8) is 0 Å². The van der Waals surface area contributed by atoms with Crippen molar-refractivity contribution in [1.29, 1.82) is 0 Å². The molecule has 2 nitrogen and oxygen atoms in total. The minimum Gasteiger partial charge on any atom is -0.494 e. The van der Waals surface area contributed by atoms with Crippen LogP contribution in [0.25, 0.3) is 0 Å². The molecule has 0 bridgehead atoms. The number of methoxy groups -OCH3 is 1. The van der Waals surface area contributed by atoms with Crippen LogP contribution in [0.4, 0.5) is 0 Å². The van der Waals surface area contributed by atoms with Gasteiger partial charge in [0, 0.05) is 18.1 Å². The Morgan fingerprint density at radius 1 is 1.22 bits per heavy atom. The summed E-state index contributed by atoms with van der Waals surface area (Å²) < 4.78 is 5.34. The second kappa shape index (κ2) is 6.09. The summed E-state index contributed by atoms with van der Waals surface area (Å²) in [4.78, 5) is 2.97. The Bertz CT molecular complexity index is 459. The van der Waals surface area contributed by atoms with E-state index in [1.54, 1.807) is 13.2 Å². The van der Waals surface area contributed by atoms with Crippen LogP contribution in [0.2, 0.25) is 10.0 Å². The molecule has 1 aliphatic rings. The number of thiocarbonyl (C=S) groups is 1. The van der Waals surface area contributed by atoms with E-state index >= 15 is 0 Å². The van der Waals surface area contributed by atoms with Crippen molar-refractivity contribution in [2.45, 2.75) is 19.3 Å². The Morgan fingerprint density at radius 3 is 2.50 bits per heavy atom. The third-order valence-electron chi connectivity index (χ3n) is 3.09.